The van der Waals surface area contributed by atoms with Crippen molar-refractivity contribution in [2.75, 3.05) is 25.0 Å². The van der Waals surface area contributed by atoms with Gasteiger partial charge in [0.15, 0.2) is 11.7 Å². The molecule has 1 aliphatic heterocycles. The van der Waals surface area contributed by atoms with E-state index in [1.54, 1.807) is 18.3 Å². The van der Waals surface area contributed by atoms with Crippen molar-refractivity contribution in [3.63, 3.8) is 0 Å². The number of amides is 2. The molecule has 1 saturated heterocycles. The molecule has 0 bridgehead atoms. The van der Waals surface area contributed by atoms with Crippen LogP contribution in [0.1, 0.15) is 12.8 Å². The van der Waals surface area contributed by atoms with E-state index in [1.165, 1.54) is 0 Å². The summed E-state index contributed by atoms with van der Waals surface area (Å²) in [5.41, 5.74) is 5.83. The Balaban J connectivity index is 1.88. The number of carbonyl (C=O) groups excluding carboxylic acids is 2. The highest BCUT2D eigenvalue weighted by Gasteiger charge is 2.28. The first-order chi connectivity index (χ1) is 9.56. The van der Waals surface area contributed by atoms with Gasteiger partial charge in [0.25, 0.3) is 5.91 Å². The van der Waals surface area contributed by atoms with E-state index < -0.39 is 0 Å². The summed E-state index contributed by atoms with van der Waals surface area (Å²) in [6, 6.07) is 3.41. The molecule has 20 heavy (non-hydrogen) atoms. The summed E-state index contributed by atoms with van der Waals surface area (Å²) in [6.45, 7) is 1.79. The maximum Gasteiger partial charge on any atom is 0.279 e. The van der Waals surface area contributed by atoms with Crippen molar-refractivity contribution in [2.24, 2.45) is 11.7 Å². The molecule has 108 valence electrons. The average Bonchev–Trinajstić information content (AvgIpc) is 2.41. The molecule has 6 nitrogen and oxygen atoms in total. The third kappa shape index (κ3) is 3.91. The maximum atomic E-state index is 12.0. The van der Waals surface area contributed by atoms with Crippen LogP contribution in [0, 0.1) is 5.92 Å². The number of anilines is 1. The first-order valence-corrected chi connectivity index (χ1v) is 6.97. The summed E-state index contributed by atoms with van der Waals surface area (Å²) in [4.78, 5) is 28.1. The third-order valence-electron chi connectivity index (χ3n) is 3.46. The van der Waals surface area contributed by atoms with Gasteiger partial charge in [0.2, 0.25) is 5.91 Å². The molecular formula is C13H18ClN4O2+. The number of nitrogens with zero attached hydrogens (tertiary/aromatic N) is 1. The highest BCUT2D eigenvalue weighted by Crippen LogP contribution is 2.16. The summed E-state index contributed by atoms with van der Waals surface area (Å²) in [5, 5.41) is 3.00. The zero-order valence-electron chi connectivity index (χ0n) is 11.1. The molecule has 1 aliphatic rings. The lowest BCUT2D eigenvalue weighted by Crippen LogP contribution is -3.14. The molecule has 0 saturated carbocycles. The number of aromatic nitrogens is 1. The van der Waals surface area contributed by atoms with Crippen molar-refractivity contribution in [3.05, 3.63) is 23.5 Å². The second kappa shape index (κ2) is 6.67. The van der Waals surface area contributed by atoms with Gasteiger partial charge in [-0.25, -0.2) is 4.98 Å². The standard InChI is InChI=1S/C13H17ClN4O2/c14-12-10(4-1-5-16-12)17-11(19)8-18-6-2-3-9(7-18)13(15)20/h1,4-5,9H,2-3,6-8H2,(H2,15,20)(H,17,19)/p+1/t9-/m0/s1. The van der Waals surface area contributed by atoms with Crippen molar-refractivity contribution < 1.29 is 14.5 Å². The molecule has 0 aromatic carbocycles. The van der Waals surface area contributed by atoms with E-state index in [9.17, 15) is 9.59 Å². The van der Waals surface area contributed by atoms with Crippen LogP contribution in [0.15, 0.2) is 18.3 Å². The van der Waals surface area contributed by atoms with Gasteiger partial charge in [-0.1, -0.05) is 11.6 Å². The fourth-order valence-electron chi connectivity index (χ4n) is 2.46. The van der Waals surface area contributed by atoms with Crippen LogP contribution >= 0.6 is 11.6 Å². The molecule has 2 amide bonds. The van der Waals surface area contributed by atoms with E-state index in [-0.39, 0.29) is 22.9 Å². The lowest BCUT2D eigenvalue weighted by molar-refractivity contribution is -0.899. The molecule has 2 heterocycles. The number of halogens is 1. The second-order valence-electron chi connectivity index (χ2n) is 5.01. The first kappa shape index (κ1) is 14.7. The summed E-state index contributed by atoms with van der Waals surface area (Å²) in [5.74, 6) is -0.550. The fraction of sp³-hybridized carbons (Fsp3) is 0.462. The predicted molar refractivity (Wildman–Crippen MR) is 75.4 cm³/mol. The maximum absolute atomic E-state index is 12.0. The summed E-state index contributed by atoms with van der Waals surface area (Å²) in [6.07, 6.45) is 3.28. The van der Waals surface area contributed by atoms with Crippen LogP contribution in [-0.2, 0) is 9.59 Å². The van der Waals surface area contributed by atoms with Gasteiger partial charge < -0.3 is 16.0 Å². The number of rotatable bonds is 4. The quantitative estimate of drug-likeness (QED) is 0.652. The average molecular weight is 298 g/mol. The van der Waals surface area contributed by atoms with E-state index in [2.05, 4.69) is 10.3 Å². The summed E-state index contributed by atoms with van der Waals surface area (Å²) in [7, 11) is 0. The minimum Gasteiger partial charge on any atom is -0.369 e. The van der Waals surface area contributed by atoms with Crippen LogP contribution in [-0.4, -0.2) is 36.4 Å². The normalized spacial score (nSPS) is 22.2. The summed E-state index contributed by atoms with van der Waals surface area (Å²) >= 11 is 5.88. The van der Waals surface area contributed by atoms with Gasteiger partial charge in [0, 0.05) is 6.20 Å². The number of hydrogen-bond acceptors (Lipinski definition) is 3. The Labute approximate surface area is 122 Å². The van der Waals surface area contributed by atoms with Gasteiger partial charge in [-0.2, -0.15) is 0 Å². The number of likely N-dealkylation sites (tertiary alicyclic amines) is 1. The Kier molecular flexibility index (Phi) is 4.92. The van der Waals surface area contributed by atoms with Crippen molar-refractivity contribution in [1.82, 2.24) is 4.98 Å². The van der Waals surface area contributed by atoms with Crippen LogP contribution in [0.5, 0.6) is 0 Å². The Morgan fingerprint density at radius 2 is 2.35 bits per heavy atom. The second-order valence-corrected chi connectivity index (χ2v) is 5.37. The molecule has 1 fully saturated rings. The molecular weight excluding hydrogens is 280 g/mol. The zero-order chi connectivity index (χ0) is 14.5. The van der Waals surface area contributed by atoms with Gasteiger partial charge in [0.1, 0.15) is 0 Å². The number of nitrogens with one attached hydrogen (secondary N) is 2. The lowest BCUT2D eigenvalue weighted by Gasteiger charge is -2.27. The van der Waals surface area contributed by atoms with Crippen molar-refractivity contribution in [3.8, 4) is 0 Å². The minimum atomic E-state index is -0.280. The number of pyridine rings is 1. The Morgan fingerprint density at radius 1 is 1.55 bits per heavy atom. The van der Waals surface area contributed by atoms with Crippen LogP contribution < -0.4 is 16.0 Å². The lowest BCUT2D eigenvalue weighted by atomic mass is 9.97. The Hall–Kier alpha value is -1.66. The molecule has 0 radical (unpaired) electrons. The van der Waals surface area contributed by atoms with E-state index in [1.807, 2.05) is 0 Å². The van der Waals surface area contributed by atoms with Crippen LogP contribution in [0.3, 0.4) is 0 Å². The topological polar surface area (TPSA) is 89.5 Å². The van der Waals surface area contributed by atoms with E-state index in [0.717, 1.165) is 24.3 Å². The van der Waals surface area contributed by atoms with Crippen molar-refractivity contribution in [2.45, 2.75) is 12.8 Å². The number of primary amides is 1. The zero-order valence-corrected chi connectivity index (χ0v) is 11.8. The molecule has 7 heteroatoms. The van der Waals surface area contributed by atoms with Crippen molar-refractivity contribution >= 4 is 29.1 Å². The van der Waals surface area contributed by atoms with E-state index in [4.69, 9.17) is 17.3 Å². The SMILES string of the molecule is NC(=O)[C@H]1CCC[NH+](CC(=O)Nc2cccnc2Cl)C1. The van der Waals surface area contributed by atoms with Gasteiger partial charge in [-0.05, 0) is 25.0 Å². The smallest absolute Gasteiger partial charge is 0.279 e. The number of hydrogen-bond donors (Lipinski definition) is 3. The molecule has 4 N–H and O–H groups in total. The number of nitrogens with two attached hydrogens (primary N) is 1. The van der Waals surface area contributed by atoms with Gasteiger partial charge in [-0.15, -0.1) is 0 Å². The predicted octanol–water partition coefficient (Wildman–Crippen LogP) is -0.546. The van der Waals surface area contributed by atoms with E-state index >= 15 is 0 Å². The highest BCUT2D eigenvalue weighted by molar-refractivity contribution is 6.32. The summed E-state index contributed by atoms with van der Waals surface area (Å²) < 4.78 is 0. The number of carbonyl (C=O) groups is 2. The first-order valence-electron chi connectivity index (χ1n) is 6.59. The van der Waals surface area contributed by atoms with Gasteiger partial charge in [-0.3, -0.25) is 9.59 Å². The molecule has 2 rings (SSSR count). The van der Waals surface area contributed by atoms with Gasteiger partial charge >= 0.3 is 0 Å². The minimum absolute atomic E-state index is 0.131. The molecule has 0 aliphatic carbocycles. The highest BCUT2D eigenvalue weighted by atomic mass is 35.5. The Bertz CT molecular complexity index is 509. The molecule has 0 spiro atoms. The van der Waals surface area contributed by atoms with Crippen LogP contribution in [0.2, 0.25) is 5.15 Å². The number of piperidine rings is 1. The van der Waals surface area contributed by atoms with Crippen LogP contribution in [0.25, 0.3) is 0 Å². The Morgan fingerprint density at radius 3 is 3.05 bits per heavy atom. The molecule has 1 aromatic heterocycles. The van der Waals surface area contributed by atoms with Crippen LogP contribution in [0.4, 0.5) is 5.69 Å². The third-order valence-corrected chi connectivity index (χ3v) is 3.77. The molecule has 1 unspecified atom stereocenters. The number of quaternary nitrogens is 1. The van der Waals surface area contributed by atoms with Gasteiger partial charge in [0.05, 0.1) is 24.7 Å². The largest absolute Gasteiger partial charge is 0.369 e. The van der Waals surface area contributed by atoms with E-state index in [0.29, 0.717) is 18.8 Å². The molecule has 2 atom stereocenters. The fourth-order valence-corrected chi connectivity index (χ4v) is 2.62. The monoisotopic (exact) mass is 297 g/mol. The molecule has 1 aromatic rings. The van der Waals surface area contributed by atoms with Crippen molar-refractivity contribution in [1.29, 1.82) is 0 Å².